The number of nitrogens with two attached hydrogens (primary N) is 1. The van der Waals surface area contributed by atoms with Gasteiger partial charge >= 0.3 is 0 Å². The number of hydrogen-bond acceptors (Lipinski definition) is 3. The standard InChI is InChI=1S/C23H33NO2/c1-4-6-7-9-13-19(3)25-26-23(24,21-15-10-8-11-16-21)22-17-12-14-20(5-2)18-22/h8,10-12,14-19H,4-7,9,13,24H2,1-3H3. The van der Waals surface area contributed by atoms with E-state index in [0.29, 0.717) is 0 Å². The molecule has 3 nitrogen and oxygen atoms in total. The molecular formula is C23H33NO2. The van der Waals surface area contributed by atoms with Gasteiger partial charge in [0.05, 0.1) is 6.10 Å². The van der Waals surface area contributed by atoms with E-state index in [1.165, 1.54) is 24.8 Å². The van der Waals surface area contributed by atoms with Gasteiger partial charge in [0, 0.05) is 11.1 Å². The Bertz CT molecular complexity index is 644. The van der Waals surface area contributed by atoms with Crippen molar-refractivity contribution in [2.24, 2.45) is 5.73 Å². The van der Waals surface area contributed by atoms with Crippen molar-refractivity contribution in [2.45, 2.75) is 71.1 Å². The van der Waals surface area contributed by atoms with E-state index in [2.05, 4.69) is 26.0 Å². The fourth-order valence-electron chi connectivity index (χ4n) is 3.04. The second kappa shape index (κ2) is 10.5. The molecule has 26 heavy (non-hydrogen) atoms. The Morgan fingerprint density at radius 2 is 1.65 bits per heavy atom. The monoisotopic (exact) mass is 355 g/mol. The average Bonchev–Trinajstić information content (AvgIpc) is 2.70. The third kappa shape index (κ3) is 5.66. The molecule has 2 aromatic carbocycles. The highest BCUT2D eigenvalue weighted by Crippen LogP contribution is 2.30. The van der Waals surface area contributed by atoms with Crippen LogP contribution in [0, 0.1) is 0 Å². The van der Waals surface area contributed by atoms with Crippen LogP contribution < -0.4 is 5.73 Å². The van der Waals surface area contributed by atoms with Crippen molar-refractivity contribution in [3.63, 3.8) is 0 Å². The molecule has 0 heterocycles. The molecule has 0 saturated heterocycles. The van der Waals surface area contributed by atoms with Crippen molar-refractivity contribution in [2.75, 3.05) is 0 Å². The maximum Gasteiger partial charge on any atom is 0.203 e. The number of aryl methyl sites for hydroxylation is 1. The third-order valence-electron chi connectivity index (χ3n) is 4.77. The minimum atomic E-state index is -1.12. The first-order valence-electron chi connectivity index (χ1n) is 9.88. The second-order valence-corrected chi connectivity index (χ2v) is 7.00. The predicted octanol–water partition coefficient (Wildman–Crippen LogP) is 5.72. The molecule has 0 aromatic heterocycles. The maximum absolute atomic E-state index is 6.74. The van der Waals surface area contributed by atoms with Gasteiger partial charge in [-0.3, -0.25) is 5.73 Å². The first-order valence-corrected chi connectivity index (χ1v) is 9.88. The molecule has 0 fully saturated rings. The van der Waals surface area contributed by atoms with Gasteiger partial charge in [0.1, 0.15) is 0 Å². The smallest absolute Gasteiger partial charge is 0.203 e. The minimum Gasteiger partial charge on any atom is -0.293 e. The molecule has 0 radical (unpaired) electrons. The van der Waals surface area contributed by atoms with Gasteiger partial charge in [-0.25, -0.2) is 9.78 Å². The molecule has 2 atom stereocenters. The maximum atomic E-state index is 6.74. The zero-order valence-corrected chi connectivity index (χ0v) is 16.4. The predicted molar refractivity (Wildman–Crippen MR) is 108 cm³/mol. The van der Waals surface area contributed by atoms with E-state index in [1.54, 1.807) is 0 Å². The normalized spacial score (nSPS) is 14.8. The van der Waals surface area contributed by atoms with E-state index in [9.17, 15) is 0 Å². The van der Waals surface area contributed by atoms with Gasteiger partial charge in [-0.05, 0) is 25.3 Å². The fraction of sp³-hybridized carbons (Fsp3) is 0.478. The van der Waals surface area contributed by atoms with Crippen molar-refractivity contribution in [3.8, 4) is 0 Å². The second-order valence-electron chi connectivity index (χ2n) is 7.00. The molecule has 2 rings (SSSR count). The SMILES string of the molecule is CCCCCCC(C)OOC(N)(c1ccccc1)c1cccc(CC)c1. The molecular weight excluding hydrogens is 322 g/mol. The van der Waals surface area contributed by atoms with Gasteiger partial charge < -0.3 is 0 Å². The molecule has 3 heteroatoms. The van der Waals surface area contributed by atoms with Crippen LogP contribution in [0.15, 0.2) is 54.6 Å². The summed E-state index contributed by atoms with van der Waals surface area (Å²) >= 11 is 0. The van der Waals surface area contributed by atoms with Crippen molar-refractivity contribution >= 4 is 0 Å². The van der Waals surface area contributed by atoms with Gasteiger partial charge in [-0.15, -0.1) is 0 Å². The molecule has 0 aliphatic carbocycles. The molecule has 2 aromatic rings. The Hall–Kier alpha value is -1.68. The van der Waals surface area contributed by atoms with Crippen LogP contribution in [0.2, 0.25) is 0 Å². The molecule has 0 spiro atoms. The summed E-state index contributed by atoms with van der Waals surface area (Å²) < 4.78 is 0. The number of unbranched alkanes of at least 4 members (excludes halogenated alkanes) is 3. The topological polar surface area (TPSA) is 44.5 Å². The molecule has 0 aliphatic heterocycles. The van der Waals surface area contributed by atoms with E-state index in [4.69, 9.17) is 15.5 Å². The number of benzene rings is 2. The van der Waals surface area contributed by atoms with E-state index >= 15 is 0 Å². The highest BCUT2D eigenvalue weighted by atomic mass is 17.2. The van der Waals surface area contributed by atoms with Crippen LogP contribution in [0.3, 0.4) is 0 Å². The van der Waals surface area contributed by atoms with Crippen LogP contribution in [0.1, 0.15) is 69.6 Å². The van der Waals surface area contributed by atoms with Crippen LogP contribution in [0.4, 0.5) is 0 Å². The van der Waals surface area contributed by atoms with Gasteiger partial charge in [0.15, 0.2) is 0 Å². The van der Waals surface area contributed by atoms with Crippen LogP contribution in [0.25, 0.3) is 0 Å². The van der Waals surface area contributed by atoms with Gasteiger partial charge in [-0.2, -0.15) is 0 Å². The summed E-state index contributed by atoms with van der Waals surface area (Å²) in [7, 11) is 0. The molecule has 142 valence electrons. The summed E-state index contributed by atoms with van der Waals surface area (Å²) in [6.45, 7) is 6.39. The van der Waals surface area contributed by atoms with Gasteiger partial charge in [-0.1, -0.05) is 94.1 Å². The highest BCUT2D eigenvalue weighted by molar-refractivity contribution is 5.37. The van der Waals surface area contributed by atoms with Crippen LogP contribution in [0.5, 0.6) is 0 Å². The lowest BCUT2D eigenvalue weighted by Gasteiger charge is -2.30. The summed E-state index contributed by atoms with van der Waals surface area (Å²) in [5.41, 5.74) is 8.63. The third-order valence-corrected chi connectivity index (χ3v) is 4.77. The van der Waals surface area contributed by atoms with Gasteiger partial charge in [0.25, 0.3) is 0 Å². The minimum absolute atomic E-state index is 0.00727. The van der Waals surface area contributed by atoms with Crippen molar-refractivity contribution in [1.29, 1.82) is 0 Å². The first-order chi connectivity index (χ1) is 12.6. The number of rotatable bonds is 11. The van der Waals surface area contributed by atoms with Crippen molar-refractivity contribution in [3.05, 3.63) is 71.3 Å². The van der Waals surface area contributed by atoms with E-state index < -0.39 is 5.72 Å². The molecule has 0 aliphatic rings. The Labute approximate surface area is 158 Å². The fourth-order valence-corrected chi connectivity index (χ4v) is 3.04. The summed E-state index contributed by atoms with van der Waals surface area (Å²) in [6, 6.07) is 18.1. The zero-order chi connectivity index (χ0) is 18.8. The van der Waals surface area contributed by atoms with Gasteiger partial charge in [0.2, 0.25) is 5.72 Å². The lowest BCUT2D eigenvalue weighted by molar-refractivity contribution is -0.376. The Balaban J connectivity index is 2.14. The summed E-state index contributed by atoms with van der Waals surface area (Å²) in [5.74, 6) is 0. The molecule has 2 N–H and O–H groups in total. The summed E-state index contributed by atoms with van der Waals surface area (Å²) in [5, 5.41) is 0. The van der Waals surface area contributed by atoms with Crippen LogP contribution in [-0.4, -0.2) is 6.10 Å². The summed E-state index contributed by atoms with van der Waals surface area (Å²) in [4.78, 5) is 11.6. The quantitative estimate of drug-likeness (QED) is 0.243. The molecule has 0 bridgehead atoms. The number of hydrogen-bond donors (Lipinski definition) is 1. The zero-order valence-electron chi connectivity index (χ0n) is 16.4. The van der Waals surface area contributed by atoms with Crippen molar-refractivity contribution < 1.29 is 9.78 Å². The highest BCUT2D eigenvalue weighted by Gasteiger charge is 2.33. The lowest BCUT2D eigenvalue weighted by Crippen LogP contribution is -2.42. The van der Waals surface area contributed by atoms with E-state index in [-0.39, 0.29) is 6.10 Å². The summed E-state index contributed by atoms with van der Waals surface area (Å²) in [6.07, 6.45) is 6.81. The van der Waals surface area contributed by atoms with Crippen LogP contribution in [-0.2, 0) is 21.9 Å². The van der Waals surface area contributed by atoms with E-state index in [1.807, 2.05) is 49.4 Å². The molecule has 0 amide bonds. The molecule has 2 unspecified atom stereocenters. The first kappa shape index (κ1) is 20.6. The van der Waals surface area contributed by atoms with Crippen molar-refractivity contribution in [1.82, 2.24) is 0 Å². The van der Waals surface area contributed by atoms with Crippen LogP contribution >= 0.6 is 0 Å². The average molecular weight is 356 g/mol. The molecule has 0 saturated carbocycles. The Kier molecular flexibility index (Phi) is 8.30. The van der Waals surface area contributed by atoms with E-state index in [0.717, 1.165) is 30.4 Å². The largest absolute Gasteiger partial charge is 0.293 e. The lowest BCUT2D eigenvalue weighted by atomic mass is 9.93. The Morgan fingerprint density at radius 3 is 2.35 bits per heavy atom. The Morgan fingerprint density at radius 1 is 0.923 bits per heavy atom.